The largest absolute Gasteiger partial charge is 0.378 e. The molecule has 2 N–H and O–H groups in total. The van der Waals surface area contributed by atoms with Crippen molar-refractivity contribution >= 4 is 17.3 Å². The fourth-order valence-corrected chi connectivity index (χ4v) is 2.64. The molecule has 1 aliphatic rings. The minimum absolute atomic E-state index is 0.158. The molecule has 1 fully saturated rings. The third kappa shape index (κ3) is 3.84. The molecule has 0 unspecified atom stereocenters. The van der Waals surface area contributed by atoms with E-state index in [-0.39, 0.29) is 18.1 Å². The molecule has 3 heterocycles. The molecule has 1 amide bonds. The standard InChI is InChI=1S/C17H20N4O2/c1-12(16-6-4-10-23-16)20-13-7-9-18-11-15(13)21-17(22)14-5-2-3-8-19-14/h2-3,5,7-9,11-12,16H,4,6,10H2,1H3,(H,18,20)(H,21,22)/t12-,16+/m1/s1. The zero-order valence-corrected chi connectivity index (χ0v) is 13.0. The van der Waals surface area contributed by atoms with Crippen molar-refractivity contribution in [3.8, 4) is 0 Å². The summed E-state index contributed by atoms with van der Waals surface area (Å²) in [7, 11) is 0. The second-order valence-corrected chi connectivity index (χ2v) is 5.57. The van der Waals surface area contributed by atoms with Crippen molar-refractivity contribution in [3.05, 3.63) is 48.5 Å². The van der Waals surface area contributed by atoms with Gasteiger partial charge < -0.3 is 15.4 Å². The quantitative estimate of drug-likeness (QED) is 0.888. The topological polar surface area (TPSA) is 76.1 Å². The van der Waals surface area contributed by atoms with E-state index in [0.29, 0.717) is 11.4 Å². The number of rotatable bonds is 5. The Bertz CT molecular complexity index is 657. The lowest BCUT2D eigenvalue weighted by molar-refractivity contribution is 0.0997. The van der Waals surface area contributed by atoms with Crippen molar-refractivity contribution in [3.63, 3.8) is 0 Å². The van der Waals surface area contributed by atoms with Crippen LogP contribution in [0.3, 0.4) is 0 Å². The Morgan fingerprint density at radius 1 is 1.30 bits per heavy atom. The van der Waals surface area contributed by atoms with Crippen LogP contribution in [0.15, 0.2) is 42.9 Å². The summed E-state index contributed by atoms with van der Waals surface area (Å²) in [5.41, 5.74) is 1.83. The summed E-state index contributed by atoms with van der Waals surface area (Å²) >= 11 is 0. The van der Waals surface area contributed by atoms with E-state index in [9.17, 15) is 4.79 Å². The zero-order chi connectivity index (χ0) is 16.1. The van der Waals surface area contributed by atoms with Gasteiger partial charge >= 0.3 is 0 Å². The molecular formula is C17H20N4O2. The second-order valence-electron chi connectivity index (χ2n) is 5.57. The van der Waals surface area contributed by atoms with Crippen molar-refractivity contribution in [2.45, 2.75) is 31.9 Å². The number of carbonyl (C=O) groups is 1. The highest BCUT2D eigenvalue weighted by Crippen LogP contribution is 2.24. The summed E-state index contributed by atoms with van der Waals surface area (Å²) in [6.45, 7) is 2.90. The first-order valence-electron chi connectivity index (χ1n) is 7.78. The molecule has 0 aromatic carbocycles. The molecule has 0 saturated carbocycles. The Morgan fingerprint density at radius 3 is 2.96 bits per heavy atom. The highest BCUT2D eigenvalue weighted by atomic mass is 16.5. The number of aromatic nitrogens is 2. The van der Waals surface area contributed by atoms with Crippen molar-refractivity contribution in [1.82, 2.24) is 9.97 Å². The van der Waals surface area contributed by atoms with Crippen molar-refractivity contribution in [2.24, 2.45) is 0 Å². The molecule has 0 spiro atoms. The molecule has 1 saturated heterocycles. The SMILES string of the molecule is C[C@@H](Nc1ccncc1NC(=O)c1ccccn1)[C@@H]1CCCO1. The Hall–Kier alpha value is -2.47. The van der Waals surface area contributed by atoms with Crippen molar-refractivity contribution in [1.29, 1.82) is 0 Å². The number of nitrogens with zero attached hydrogens (tertiary/aromatic N) is 2. The number of amides is 1. The van der Waals surface area contributed by atoms with E-state index in [4.69, 9.17) is 4.74 Å². The predicted molar refractivity (Wildman–Crippen MR) is 88.5 cm³/mol. The molecule has 23 heavy (non-hydrogen) atoms. The highest BCUT2D eigenvalue weighted by molar-refractivity contribution is 6.04. The van der Waals surface area contributed by atoms with Gasteiger partial charge in [0.1, 0.15) is 5.69 Å². The average molecular weight is 312 g/mol. The van der Waals surface area contributed by atoms with Gasteiger partial charge in [0.2, 0.25) is 0 Å². The summed E-state index contributed by atoms with van der Waals surface area (Å²) in [5.74, 6) is -0.258. The van der Waals surface area contributed by atoms with Crippen molar-refractivity contribution in [2.75, 3.05) is 17.2 Å². The molecule has 2 atom stereocenters. The molecule has 6 nitrogen and oxygen atoms in total. The van der Waals surface area contributed by atoms with Gasteiger partial charge in [-0.25, -0.2) is 0 Å². The van der Waals surface area contributed by atoms with Gasteiger partial charge in [-0.05, 0) is 38.0 Å². The van der Waals surface area contributed by atoms with Crippen LogP contribution in [0.1, 0.15) is 30.3 Å². The van der Waals surface area contributed by atoms with Gasteiger partial charge in [0.25, 0.3) is 5.91 Å². The minimum atomic E-state index is -0.258. The van der Waals surface area contributed by atoms with E-state index in [2.05, 4.69) is 27.5 Å². The summed E-state index contributed by atoms with van der Waals surface area (Å²) < 4.78 is 5.70. The molecule has 0 radical (unpaired) electrons. The summed E-state index contributed by atoms with van der Waals surface area (Å²) in [6.07, 6.45) is 7.26. The van der Waals surface area contributed by atoms with Gasteiger partial charge in [-0.3, -0.25) is 14.8 Å². The lowest BCUT2D eigenvalue weighted by Gasteiger charge is -2.22. The third-order valence-electron chi connectivity index (χ3n) is 3.87. The number of carbonyl (C=O) groups excluding carboxylic acids is 1. The number of hydrogen-bond acceptors (Lipinski definition) is 5. The first kappa shape index (κ1) is 15.4. The molecule has 0 bridgehead atoms. The number of pyridine rings is 2. The highest BCUT2D eigenvalue weighted by Gasteiger charge is 2.23. The molecule has 0 aliphatic carbocycles. The maximum Gasteiger partial charge on any atom is 0.274 e. The molecule has 2 aromatic heterocycles. The molecule has 2 aromatic rings. The summed E-state index contributed by atoms with van der Waals surface area (Å²) in [6, 6.07) is 7.24. The molecule has 1 aliphatic heterocycles. The Balaban J connectivity index is 1.71. The van der Waals surface area contributed by atoms with Crippen LogP contribution in [0.25, 0.3) is 0 Å². The van der Waals surface area contributed by atoms with Crippen LogP contribution >= 0.6 is 0 Å². The van der Waals surface area contributed by atoms with E-state index in [1.165, 1.54) is 0 Å². The Morgan fingerprint density at radius 2 is 2.22 bits per heavy atom. The Labute approximate surface area is 135 Å². The van der Waals surface area contributed by atoms with E-state index in [0.717, 1.165) is 25.1 Å². The first-order valence-corrected chi connectivity index (χ1v) is 7.78. The maximum absolute atomic E-state index is 12.3. The number of nitrogens with one attached hydrogen (secondary N) is 2. The minimum Gasteiger partial charge on any atom is -0.378 e. The fraction of sp³-hybridized carbons (Fsp3) is 0.353. The summed E-state index contributed by atoms with van der Waals surface area (Å²) in [4.78, 5) is 20.4. The predicted octanol–water partition coefficient (Wildman–Crippen LogP) is 2.71. The lowest BCUT2D eigenvalue weighted by Crippen LogP contribution is -2.30. The average Bonchev–Trinajstić information content (AvgIpc) is 3.12. The van der Waals surface area contributed by atoms with Gasteiger partial charge in [-0.15, -0.1) is 0 Å². The van der Waals surface area contributed by atoms with Gasteiger partial charge in [-0.1, -0.05) is 6.07 Å². The van der Waals surface area contributed by atoms with Crippen molar-refractivity contribution < 1.29 is 9.53 Å². The van der Waals surface area contributed by atoms with Crippen LogP contribution < -0.4 is 10.6 Å². The fourth-order valence-electron chi connectivity index (χ4n) is 2.64. The van der Waals surface area contributed by atoms with E-state index < -0.39 is 0 Å². The number of anilines is 2. The van der Waals surface area contributed by atoms with Crippen LogP contribution in [0.4, 0.5) is 11.4 Å². The van der Waals surface area contributed by atoms with Crippen LogP contribution in [0.5, 0.6) is 0 Å². The normalized spacial score (nSPS) is 18.4. The van der Waals surface area contributed by atoms with Crippen LogP contribution in [0.2, 0.25) is 0 Å². The monoisotopic (exact) mass is 312 g/mol. The summed E-state index contributed by atoms with van der Waals surface area (Å²) in [5, 5.41) is 6.26. The van der Waals surface area contributed by atoms with Gasteiger partial charge in [0, 0.05) is 25.0 Å². The zero-order valence-electron chi connectivity index (χ0n) is 13.0. The Kier molecular flexibility index (Phi) is 4.83. The number of hydrogen-bond donors (Lipinski definition) is 2. The van der Waals surface area contributed by atoms with E-state index in [1.807, 2.05) is 6.07 Å². The maximum atomic E-state index is 12.3. The lowest BCUT2D eigenvalue weighted by atomic mass is 10.1. The second kappa shape index (κ2) is 7.19. The van der Waals surface area contributed by atoms with Gasteiger partial charge in [-0.2, -0.15) is 0 Å². The van der Waals surface area contributed by atoms with Gasteiger partial charge in [0.15, 0.2) is 0 Å². The molecular weight excluding hydrogens is 292 g/mol. The third-order valence-corrected chi connectivity index (χ3v) is 3.87. The first-order chi connectivity index (χ1) is 11.2. The molecule has 120 valence electrons. The smallest absolute Gasteiger partial charge is 0.274 e. The van der Waals surface area contributed by atoms with E-state index >= 15 is 0 Å². The number of ether oxygens (including phenoxy) is 1. The van der Waals surface area contributed by atoms with Crippen LogP contribution in [0, 0.1) is 0 Å². The molecule has 3 rings (SSSR count). The van der Waals surface area contributed by atoms with E-state index in [1.54, 1.807) is 36.8 Å². The molecule has 6 heteroatoms. The van der Waals surface area contributed by atoms with Crippen LogP contribution in [-0.4, -0.2) is 34.6 Å². The van der Waals surface area contributed by atoms with Crippen LogP contribution in [-0.2, 0) is 4.74 Å². The van der Waals surface area contributed by atoms with Gasteiger partial charge in [0.05, 0.1) is 23.7 Å².